The van der Waals surface area contributed by atoms with Gasteiger partial charge in [0.25, 0.3) is 0 Å². The standard InChI is InChI=1S/C18H23N/c1-14(2)18-6-4-5-17(11-18)13-19-12-16-9-7-15(3)8-10-16/h4-11,14,19H,12-13H2,1-3H3. The molecule has 0 radical (unpaired) electrons. The van der Waals surface area contributed by atoms with E-state index in [-0.39, 0.29) is 0 Å². The second kappa shape index (κ2) is 6.53. The third kappa shape index (κ3) is 4.22. The third-order valence-electron chi connectivity index (χ3n) is 3.40. The van der Waals surface area contributed by atoms with E-state index in [1.165, 1.54) is 22.3 Å². The Balaban J connectivity index is 1.88. The van der Waals surface area contributed by atoms with Crippen LogP contribution in [0, 0.1) is 6.92 Å². The first-order valence-corrected chi connectivity index (χ1v) is 7.00. The first-order chi connectivity index (χ1) is 9.15. The van der Waals surface area contributed by atoms with Gasteiger partial charge in [0.05, 0.1) is 0 Å². The van der Waals surface area contributed by atoms with Crippen molar-refractivity contribution >= 4 is 0 Å². The summed E-state index contributed by atoms with van der Waals surface area (Å²) in [5, 5.41) is 3.50. The largest absolute Gasteiger partial charge is 0.309 e. The van der Waals surface area contributed by atoms with Crippen molar-refractivity contribution in [3.8, 4) is 0 Å². The molecular formula is C18H23N. The van der Waals surface area contributed by atoms with Crippen LogP contribution < -0.4 is 5.32 Å². The summed E-state index contributed by atoms with van der Waals surface area (Å²) in [5.41, 5.74) is 5.42. The minimum absolute atomic E-state index is 0.594. The van der Waals surface area contributed by atoms with Gasteiger partial charge in [-0.2, -0.15) is 0 Å². The van der Waals surface area contributed by atoms with Gasteiger partial charge in [-0.3, -0.25) is 0 Å². The van der Waals surface area contributed by atoms with E-state index in [0.29, 0.717) is 5.92 Å². The maximum atomic E-state index is 3.50. The molecule has 100 valence electrons. The number of nitrogens with one attached hydrogen (secondary N) is 1. The highest BCUT2D eigenvalue weighted by Crippen LogP contribution is 2.15. The summed E-state index contributed by atoms with van der Waals surface area (Å²) in [7, 11) is 0. The molecule has 0 aliphatic rings. The normalized spacial score (nSPS) is 10.9. The van der Waals surface area contributed by atoms with Gasteiger partial charge < -0.3 is 5.32 Å². The molecule has 19 heavy (non-hydrogen) atoms. The molecule has 0 fully saturated rings. The number of aryl methyl sites for hydroxylation is 1. The van der Waals surface area contributed by atoms with E-state index in [1.807, 2.05) is 0 Å². The van der Waals surface area contributed by atoms with Crippen LogP contribution in [0.25, 0.3) is 0 Å². The quantitative estimate of drug-likeness (QED) is 0.832. The van der Waals surface area contributed by atoms with E-state index in [2.05, 4.69) is 74.6 Å². The summed E-state index contributed by atoms with van der Waals surface area (Å²) in [6.07, 6.45) is 0. The summed E-state index contributed by atoms with van der Waals surface area (Å²) in [5.74, 6) is 0.594. The van der Waals surface area contributed by atoms with Gasteiger partial charge in [0.1, 0.15) is 0 Å². The van der Waals surface area contributed by atoms with Gasteiger partial charge in [-0.1, -0.05) is 67.9 Å². The van der Waals surface area contributed by atoms with E-state index in [0.717, 1.165) is 13.1 Å². The topological polar surface area (TPSA) is 12.0 Å². The number of hydrogen-bond donors (Lipinski definition) is 1. The van der Waals surface area contributed by atoms with Crippen molar-refractivity contribution in [3.63, 3.8) is 0 Å². The van der Waals surface area contributed by atoms with Crippen molar-refractivity contribution in [2.24, 2.45) is 0 Å². The second-order valence-corrected chi connectivity index (χ2v) is 5.49. The summed E-state index contributed by atoms with van der Waals surface area (Å²) in [4.78, 5) is 0. The highest BCUT2D eigenvalue weighted by Gasteiger charge is 2.00. The maximum Gasteiger partial charge on any atom is 0.0208 e. The summed E-state index contributed by atoms with van der Waals surface area (Å²) >= 11 is 0. The molecule has 1 N–H and O–H groups in total. The number of hydrogen-bond acceptors (Lipinski definition) is 1. The minimum atomic E-state index is 0.594. The fraction of sp³-hybridized carbons (Fsp3) is 0.333. The maximum absolute atomic E-state index is 3.50. The Morgan fingerprint density at radius 3 is 2.26 bits per heavy atom. The lowest BCUT2D eigenvalue weighted by atomic mass is 10.0. The number of benzene rings is 2. The summed E-state index contributed by atoms with van der Waals surface area (Å²) < 4.78 is 0. The second-order valence-electron chi connectivity index (χ2n) is 5.49. The van der Waals surface area contributed by atoms with E-state index >= 15 is 0 Å². The molecule has 2 aromatic carbocycles. The molecule has 0 atom stereocenters. The lowest BCUT2D eigenvalue weighted by Crippen LogP contribution is -2.12. The lowest BCUT2D eigenvalue weighted by Gasteiger charge is -2.09. The van der Waals surface area contributed by atoms with Gasteiger partial charge in [-0.15, -0.1) is 0 Å². The van der Waals surface area contributed by atoms with Gasteiger partial charge in [-0.25, -0.2) is 0 Å². The van der Waals surface area contributed by atoms with E-state index in [4.69, 9.17) is 0 Å². The highest BCUT2D eigenvalue weighted by atomic mass is 14.8. The summed E-state index contributed by atoms with van der Waals surface area (Å²) in [6, 6.07) is 17.5. The molecule has 0 spiro atoms. The Labute approximate surface area is 116 Å². The van der Waals surface area contributed by atoms with Crippen LogP contribution in [0.3, 0.4) is 0 Å². The molecule has 0 aliphatic carbocycles. The Bertz CT molecular complexity index is 511. The van der Waals surface area contributed by atoms with Crippen LogP contribution in [0.15, 0.2) is 48.5 Å². The Morgan fingerprint density at radius 2 is 1.58 bits per heavy atom. The van der Waals surface area contributed by atoms with Crippen molar-refractivity contribution in [2.45, 2.75) is 39.8 Å². The SMILES string of the molecule is Cc1ccc(CNCc2cccc(C(C)C)c2)cc1. The Kier molecular flexibility index (Phi) is 4.75. The van der Waals surface area contributed by atoms with Crippen molar-refractivity contribution in [3.05, 3.63) is 70.8 Å². The van der Waals surface area contributed by atoms with Gasteiger partial charge in [-0.05, 0) is 29.5 Å². The van der Waals surface area contributed by atoms with Gasteiger partial charge in [0, 0.05) is 13.1 Å². The average molecular weight is 253 g/mol. The molecule has 0 aliphatic heterocycles. The molecule has 1 heteroatoms. The zero-order chi connectivity index (χ0) is 13.7. The van der Waals surface area contributed by atoms with Gasteiger partial charge in [0.2, 0.25) is 0 Å². The monoisotopic (exact) mass is 253 g/mol. The Hall–Kier alpha value is -1.60. The van der Waals surface area contributed by atoms with Gasteiger partial charge >= 0.3 is 0 Å². The fourth-order valence-electron chi connectivity index (χ4n) is 2.12. The first kappa shape index (κ1) is 13.8. The van der Waals surface area contributed by atoms with Crippen LogP contribution in [-0.4, -0.2) is 0 Å². The summed E-state index contributed by atoms with van der Waals surface area (Å²) in [6.45, 7) is 8.44. The van der Waals surface area contributed by atoms with E-state index < -0.39 is 0 Å². The molecule has 0 saturated heterocycles. The van der Waals surface area contributed by atoms with Crippen LogP contribution in [0.4, 0.5) is 0 Å². The Morgan fingerprint density at radius 1 is 0.895 bits per heavy atom. The molecule has 0 aromatic heterocycles. The molecule has 2 rings (SSSR count). The molecule has 0 heterocycles. The molecule has 0 bridgehead atoms. The predicted octanol–water partition coefficient (Wildman–Crippen LogP) is 4.41. The van der Waals surface area contributed by atoms with Crippen LogP contribution in [0.2, 0.25) is 0 Å². The third-order valence-corrected chi connectivity index (χ3v) is 3.40. The fourth-order valence-corrected chi connectivity index (χ4v) is 2.12. The zero-order valence-electron chi connectivity index (χ0n) is 12.1. The van der Waals surface area contributed by atoms with Crippen molar-refractivity contribution in [1.29, 1.82) is 0 Å². The lowest BCUT2D eigenvalue weighted by molar-refractivity contribution is 0.691. The molecule has 0 saturated carbocycles. The average Bonchev–Trinajstić information content (AvgIpc) is 2.41. The minimum Gasteiger partial charge on any atom is -0.309 e. The van der Waals surface area contributed by atoms with Crippen LogP contribution in [0.1, 0.15) is 42.0 Å². The molecule has 0 unspecified atom stereocenters. The number of rotatable bonds is 5. The van der Waals surface area contributed by atoms with Crippen molar-refractivity contribution in [2.75, 3.05) is 0 Å². The first-order valence-electron chi connectivity index (χ1n) is 7.00. The zero-order valence-corrected chi connectivity index (χ0v) is 12.1. The highest BCUT2D eigenvalue weighted by molar-refractivity contribution is 5.26. The molecule has 1 nitrogen and oxygen atoms in total. The van der Waals surface area contributed by atoms with E-state index in [9.17, 15) is 0 Å². The predicted molar refractivity (Wildman–Crippen MR) is 82.3 cm³/mol. The molecule has 0 amide bonds. The van der Waals surface area contributed by atoms with Crippen molar-refractivity contribution < 1.29 is 0 Å². The van der Waals surface area contributed by atoms with E-state index in [1.54, 1.807) is 0 Å². The molecule has 2 aromatic rings. The molecular weight excluding hydrogens is 230 g/mol. The van der Waals surface area contributed by atoms with Crippen LogP contribution in [0.5, 0.6) is 0 Å². The van der Waals surface area contributed by atoms with Crippen LogP contribution in [-0.2, 0) is 13.1 Å². The smallest absolute Gasteiger partial charge is 0.0208 e. The van der Waals surface area contributed by atoms with Crippen LogP contribution >= 0.6 is 0 Å². The van der Waals surface area contributed by atoms with Gasteiger partial charge in [0.15, 0.2) is 0 Å². The van der Waals surface area contributed by atoms with Crippen molar-refractivity contribution in [1.82, 2.24) is 5.32 Å².